The van der Waals surface area contributed by atoms with Crippen molar-refractivity contribution in [1.29, 1.82) is 0 Å². The normalized spacial score (nSPS) is 16.6. The molecule has 0 radical (unpaired) electrons. The first-order valence-electron chi connectivity index (χ1n) is 7.93. The van der Waals surface area contributed by atoms with Crippen LogP contribution in [0.2, 0.25) is 0 Å². The lowest BCUT2D eigenvalue weighted by Gasteiger charge is -2.26. The van der Waals surface area contributed by atoms with Gasteiger partial charge in [0.25, 0.3) is 0 Å². The highest BCUT2D eigenvalue weighted by Gasteiger charge is 2.08. The van der Waals surface area contributed by atoms with Gasteiger partial charge < -0.3 is 15.0 Å². The lowest BCUT2D eigenvalue weighted by atomic mass is 10.1. The highest BCUT2D eigenvalue weighted by Crippen LogP contribution is 2.14. The van der Waals surface area contributed by atoms with Gasteiger partial charge >= 0.3 is 0 Å². The van der Waals surface area contributed by atoms with Crippen molar-refractivity contribution >= 4 is 0 Å². The van der Waals surface area contributed by atoms with E-state index in [2.05, 4.69) is 42.3 Å². The van der Waals surface area contributed by atoms with Crippen LogP contribution in [0.25, 0.3) is 0 Å². The Morgan fingerprint density at radius 1 is 1.20 bits per heavy atom. The molecule has 1 N–H and O–H groups in total. The number of hydrogen-bond acceptors (Lipinski definition) is 3. The first-order valence-corrected chi connectivity index (χ1v) is 7.93. The van der Waals surface area contributed by atoms with E-state index in [1.54, 1.807) is 0 Å². The van der Waals surface area contributed by atoms with E-state index in [4.69, 9.17) is 4.74 Å². The highest BCUT2D eigenvalue weighted by atomic mass is 16.5. The first kappa shape index (κ1) is 15.3. The van der Waals surface area contributed by atoms with E-state index in [0.29, 0.717) is 0 Å². The van der Waals surface area contributed by atoms with Gasteiger partial charge in [-0.1, -0.05) is 18.6 Å². The van der Waals surface area contributed by atoms with Crippen molar-refractivity contribution in [3.05, 3.63) is 29.8 Å². The van der Waals surface area contributed by atoms with Crippen LogP contribution in [0.3, 0.4) is 0 Å². The lowest BCUT2D eigenvalue weighted by molar-refractivity contribution is 0.229. The second kappa shape index (κ2) is 8.28. The van der Waals surface area contributed by atoms with Crippen LogP contribution in [0.4, 0.5) is 0 Å². The van der Waals surface area contributed by atoms with Gasteiger partial charge in [0.15, 0.2) is 0 Å². The smallest absolute Gasteiger partial charge is 0.120 e. The van der Waals surface area contributed by atoms with E-state index in [1.807, 2.05) is 6.07 Å². The molecule has 3 nitrogen and oxygen atoms in total. The van der Waals surface area contributed by atoms with Gasteiger partial charge in [-0.15, -0.1) is 0 Å². The Balaban J connectivity index is 1.68. The molecule has 0 bridgehead atoms. The summed E-state index contributed by atoms with van der Waals surface area (Å²) in [6.45, 7) is 9.83. The van der Waals surface area contributed by atoms with E-state index in [1.165, 1.54) is 44.5 Å². The quantitative estimate of drug-likeness (QED) is 0.775. The van der Waals surface area contributed by atoms with Gasteiger partial charge in [-0.3, -0.25) is 0 Å². The number of benzene rings is 1. The molecule has 1 aliphatic heterocycles. The predicted molar refractivity (Wildman–Crippen MR) is 84.2 cm³/mol. The fourth-order valence-electron chi connectivity index (χ4n) is 2.65. The summed E-state index contributed by atoms with van der Waals surface area (Å²) in [4.78, 5) is 2.56. The zero-order valence-electron chi connectivity index (χ0n) is 12.9. The molecule has 1 heterocycles. The van der Waals surface area contributed by atoms with Crippen LogP contribution in [0, 0.1) is 0 Å². The largest absolute Gasteiger partial charge is 0.491 e. The summed E-state index contributed by atoms with van der Waals surface area (Å²) in [5.41, 5.74) is 1.29. The van der Waals surface area contributed by atoms with Gasteiger partial charge in [0, 0.05) is 19.6 Å². The Morgan fingerprint density at radius 3 is 2.75 bits per heavy atom. The number of ether oxygens (including phenoxy) is 1. The topological polar surface area (TPSA) is 24.5 Å². The molecular formula is C17H28N2O. The van der Waals surface area contributed by atoms with Crippen molar-refractivity contribution in [3.63, 3.8) is 0 Å². The number of likely N-dealkylation sites (tertiary alicyclic amines) is 1. The van der Waals surface area contributed by atoms with Crippen molar-refractivity contribution in [2.75, 3.05) is 26.2 Å². The molecule has 1 aromatic carbocycles. The van der Waals surface area contributed by atoms with Gasteiger partial charge in [-0.25, -0.2) is 0 Å². The molecule has 1 saturated heterocycles. The number of nitrogens with one attached hydrogen (secondary N) is 1. The standard InChI is InChI=1S/C17H28N2O/c1-15(2)20-17-8-6-7-16(13-17)14-18-9-12-19-10-4-3-5-11-19/h6-8,13,15,18H,3-5,9-12,14H2,1-2H3. The van der Waals surface area contributed by atoms with E-state index >= 15 is 0 Å². The Kier molecular flexibility index (Phi) is 6.34. The molecule has 0 aliphatic carbocycles. The molecule has 2 rings (SSSR count). The zero-order chi connectivity index (χ0) is 14.2. The molecule has 0 spiro atoms. The summed E-state index contributed by atoms with van der Waals surface area (Å²) in [6.07, 6.45) is 4.38. The minimum atomic E-state index is 0.234. The van der Waals surface area contributed by atoms with Crippen molar-refractivity contribution < 1.29 is 4.74 Å². The molecule has 0 unspecified atom stereocenters. The monoisotopic (exact) mass is 276 g/mol. The molecular weight excluding hydrogens is 248 g/mol. The minimum absolute atomic E-state index is 0.234. The highest BCUT2D eigenvalue weighted by molar-refractivity contribution is 5.28. The van der Waals surface area contributed by atoms with Crippen LogP contribution in [0.1, 0.15) is 38.7 Å². The van der Waals surface area contributed by atoms with Crippen LogP contribution < -0.4 is 10.1 Å². The lowest BCUT2D eigenvalue weighted by Crippen LogP contribution is -2.35. The molecule has 1 aliphatic rings. The summed E-state index contributed by atoms with van der Waals surface area (Å²) in [7, 11) is 0. The van der Waals surface area contributed by atoms with Crippen LogP contribution in [-0.4, -0.2) is 37.2 Å². The number of rotatable bonds is 7. The molecule has 1 aromatic rings. The van der Waals surface area contributed by atoms with Crippen LogP contribution in [-0.2, 0) is 6.54 Å². The van der Waals surface area contributed by atoms with E-state index in [9.17, 15) is 0 Å². The molecule has 0 atom stereocenters. The predicted octanol–water partition coefficient (Wildman–Crippen LogP) is 3.05. The van der Waals surface area contributed by atoms with Crippen molar-refractivity contribution in [2.45, 2.75) is 45.8 Å². The molecule has 3 heteroatoms. The zero-order valence-corrected chi connectivity index (χ0v) is 12.9. The number of nitrogens with zero attached hydrogens (tertiary/aromatic N) is 1. The fraction of sp³-hybridized carbons (Fsp3) is 0.647. The average molecular weight is 276 g/mol. The van der Waals surface area contributed by atoms with Crippen molar-refractivity contribution in [3.8, 4) is 5.75 Å². The first-order chi connectivity index (χ1) is 9.74. The Labute approximate surface area is 123 Å². The maximum atomic E-state index is 5.72. The van der Waals surface area contributed by atoms with Crippen LogP contribution in [0.15, 0.2) is 24.3 Å². The molecule has 0 amide bonds. The average Bonchev–Trinajstić information content (AvgIpc) is 2.44. The second-order valence-corrected chi connectivity index (χ2v) is 5.89. The summed E-state index contributed by atoms with van der Waals surface area (Å²) in [6, 6.07) is 8.38. The second-order valence-electron chi connectivity index (χ2n) is 5.89. The Bertz CT molecular complexity index is 386. The van der Waals surface area contributed by atoms with Crippen LogP contribution in [0.5, 0.6) is 5.75 Å². The third kappa shape index (κ3) is 5.51. The van der Waals surface area contributed by atoms with Gasteiger partial charge in [0.05, 0.1) is 6.10 Å². The van der Waals surface area contributed by atoms with E-state index < -0.39 is 0 Å². The maximum Gasteiger partial charge on any atom is 0.120 e. The summed E-state index contributed by atoms with van der Waals surface area (Å²) >= 11 is 0. The van der Waals surface area contributed by atoms with E-state index in [-0.39, 0.29) is 6.10 Å². The third-order valence-corrected chi connectivity index (χ3v) is 3.65. The molecule has 20 heavy (non-hydrogen) atoms. The fourth-order valence-corrected chi connectivity index (χ4v) is 2.65. The number of piperidine rings is 1. The van der Waals surface area contributed by atoms with Gasteiger partial charge in [-0.2, -0.15) is 0 Å². The Morgan fingerprint density at radius 2 is 2.00 bits per heavy atom. The third-order valence-electron chi connectivity index (χ3n) is 3.65. The Hall–Kier alpha value is -1.06. The maximum absolute atomic E-state index is 5.72. The van der Waals surface area contributed by atoms with Gasteiger partial charge in [0.1, 0.15) is 5.75 Å². The summed E-state index contributed by atoms with van der Waals surface area (Å²) < 4.78 is 5.72. The van der Waals surface area contributed by atoms with Gasteiger partial charge in [-0.05, 0) is 57.5 Å². The summed E-state index contributed by atoms with van der Waals surface area (Å²) in [5, 5.41) is 3.53. The molecule has 0 saturated carbocycles. The van der Waals surface area contributed by atoms with Gasteiger partial charge in [0.2, 0.25) is 0 Å². The minimum Gasteiger partial charge on any atom is -0.491 e. The van der Waals surface area contributed by atoms with Crippen molar-refractivity contribution in [2.24, 2.45) is 0 Å². The molecule has 0 aromatic heterocycles. The molecule has 112 valence electrons. The van der Waals surface area contributed by atoms with E-state index in [0.717, 1.165) is 18.8 Å². The molecule has 1 fully saturated rings. The SMILES string of the molecule is CC(C)Oc1cccc(CNCCN2CCCCC2)c1. The number of hydrogen-bond donors (Lipinski definition) is 1. The summed E-state index contributed by atoms with van der Waals surface area (Å²) in [5.74, 6) is 0.968. The van der Waals surface area contributed by atoms with Crippen LogP contribution >= 0.6 is 0 Å². The van der Waals surface area contributed by atoms with Crippen molar-refractivity contribution in [1.82, 2.24) is 10.2 Å².